The molecule has 0 saturated heterocycles. The molecule has 3 heterocycles. The van der Waals surface area contributed by atoms with Gasteiger partial charge in [-0.1, -0.05) is 23.7 Å². The minimum Gasteiger partial charge on any atom is -0.444 e. The first-order valence-corrected chi connectivity index (χ1v) is 12.4. The summed E-state index contributed by atoms with van der Waals surface area (Å²) in [6.07, 6.45) is 2.67. The molecule has 0 saturated carbocycles. The summed E-state index contributed by atoms with van der Waals surface area (Å²) in [7, 11) is 1.80. The van der Waals surface area contributed by atoms with E-state index in [4.69, 9.17) is 22.9 Å². The molecule has 3 aromatic heterocycles. The van der Waals surface area contributed by atoms with Gasteiger partial charge in [-0.25, -0.2) is 14.7 Å². The first kappa shape index (κ1) is 25.9. The summed E-state index contributed by atoms with van der Waals surface area (Å²) in [5, 5.41) is 15.9. The molecule has 2 aromatic carbocycles. The number of ether oxygens (including phenoxy) is 1. The van der Waals surface area contributed by atoms with Crippen LogP contribution in [-0.4, -0.2) is 36.7 Å². The molecular formula is C28H24ClN7O3. The fourth-order valence-electron chi connectivity index (χ4n) is 4.43. The molecule has 0 atom stereocenters. The number of aromatic nitrogens is 5. The van der Waals surface area contributed by atoms with Gasteiger partial charge in [-0.15, -0.1) is 0 Å². The van der Waals surface area contributed by atoms with Crippen molar-refractivity contribution in [1.82, 2.24) is 30.3 Å². The van der Waals surface area contributed by atoms with Gasteiger partial charge in [-0.2, -0.15) is 10.2 Å². The molecule has 10 nitrogen and oxygen atoms in total. The van der Waals surface area contributed by atoms with Crippen LogP contribution in [-0.2, 0) is 18.3 Å². The molecule has 5 rings (SSSR count). The zero-order valence-corrected chi connectivity index (χ0v) is 22.4. The smallest absolute Gasteiger partial charge is 0.407 e. The van der Waals surface area contributed by atoms with Crippen LogP contribution in [0, 0.1) is 6.57 Å². The highest BCUT2D eigenvalue weighted by molar-refractivity contribution is 6.31. The summed E-state index contributed by atoms with van der Waals surface area (Å²) >= 11 is 6.19. The summed E-state index contributed by atoms with van der Waals surface area (Å²) < 4.78 is 7.02. The summed E-state index contributed by atoms with van der Waals surface area (Å²) in [5.41, 5.74) is 3.45. The fraction of sp³-hybridized carbons (Fsp3) is 0.214. The van der Waals surface area contributed by atoms with Crippen LogP contribution in [0.2, 0.25) is 5.02 Å². The quantitative estimate of drug-likeness (QED) is 0.279. The van der Waals surface area contributed by atoms with E-state index >= 15 is 0 Å². The Balaban J connectivity index is 1.62. The number of carbonyl (C=O) groups is 1. The second-order valence-electron chi connectivity index (χ2n) is 9.94. The number of nitrogens with zero attached hydrogens (tertiary/aromatic N) is 5. The Morgan fingerprint density at radius 3 is 2.67 bits per heavy atom. The highest BCUT2D eigenvalue weighted by Gasteiger charge is 2.20. The Morgan fingerprint density at radius 2 is 1.92 bits per heavy atom. The third kappa shape index (κ3) is 5.04. The lowest BCUT2D eigenvalue weighted by Gasteiger charge is -2.19. The number of hydrogen-bond donors (Lipinski definition) is 2. The van der Waals surface area contributed by atoms with Crippen LogP contribution >= 0.6 is 11.6 Å². The van der Waals surface area contributed by atoms with Gasteiger partial charge in [0.15, 0.2) is 0 Å². The van der Waals surface area contributed by atoms with Gasteiger partial charge in [-0.05, 0) is 50.6 Å². The van der Waals surface area contributed by atoms with E-state index in [0.29, 0.717) is 49.3 Å². The summed E-state index contributed by atoms with van der Waals surface area (Å²) in [4.78, 5) is 32.9. The first-order chi connectivity index (χ1) is 18.6. The molecule has 0 bridgehead atoms. The first-order valence-electron chi connectivity index (χ1n) is 12.0. The van der Waals surface area contributed by atoms with E-state index in [-0.39, 0.29) is 12.1 Å². The molecule has 0 fully saturated rings. The van der Waals surface area contributed by atoms with Crippen molar-refractivity contribution in [2.75, 3.05) is 0 Å². The number of alkyl carbamates (subject to hydrolysis) is 1. The third-order valence-corrected chi connectivity index (χ3v) is 6.29. The van der Waals surface area contributed by atoms with Crippen molar-refractivity contribution in [3.63, 3.8) is 0 Å². The van der Waals surface area contributed by atoms with Gasteiger partial charge in [0, 0.05) is 35.1 Å². The van der Waals surface area contributed by atoms with Gasteiger partial charge in [0.2, 0.25) is 5.69 Å². The Labute approximate surface area is 228 Å². The Morgan fingerprint density at radius 1 is 1.13 bits per heavy atom. The van der Waals surface area contributed by atoms with Gasteiger partial charge in [-0.3, -0.25) is 14.5 Å². The van der Waals surface area contributed by atoms with Crippen LogP contribution in [0.4, 0.5) is 10.5 Å². The number of aromatic amines is 1. The fourth-order valence-corrected chi connectivity index (χ4v) is 4.59. The number of benzene rings is 2. The van der Waals surface area contributed by atoms with Crippen LogP contribution in [0.3, 0.4) is 0 Å². The molecule has 5 aromatic rings. The number of amides is 1. The van der Waals surface area contributed by atoms with Gasteiger partial charge in [0.05, 0.1) is 46.6 Å². The van der Waals surface area contributed by atoms with Crippen molar-refractivity contribution < 1.29 is 9.53 Å². The molecule has 196 valence electrons. The van der Waals surface area contributed by atoms with E-state index in [1.54, 1.807) is 57.0 Å². The maximum atomic E-state index is 12.5. The molecule has 39 heavy (non-hydrogen) atoms. The number of hydrogen-bond acceptors (Lipinski definition) is 6. The molecule has 1 amide bonds. The van der Waals surface area contributed by atoms with E-state index in [1.807, 2.05) is 24.3 Å². The average molecular weight is 542 g/mol. The van der Waals surface area contributed by atoms with Gasteiger partial charge < -0.3 is 10.1 Å². The lowest BCUT2D eigenvalue weighted by molar-refractivity contribution is 0.0523. The van der Waals surface area contributed by atoms with Crippen molar-refractivity contribution >= 4 is 45.1 Å². The number of fused-ring (bicyclic) bond motifs is 2. The van der Waals surface area contributed by atoms with E-state index in [2.05, 4.69) is 30.4 Å². The maximum Gasteiger partial charge on any atom is 0.407 e. The molecule has 2 N–H and O–H groups in total. The van der Waals surface area contributed by atoms with Crippen molar-refractivity contribution in [1.29, 1.82) is 0 Å². The second-order valence-corrected chi connectivity index (χ2v) is 10.4. The van der Waals surface area contributed by atoms with E-state index in [1.165, 1.54) is 0 Å². The molecule has 0 unspecified atom stereocenters. The molecule has 0 radical (unpaired) electrons. The molecule has 0 aliphatic carbocycles. The number of halogens is 1. The van der Waals surface area contributed by atoms with Crippen molar-refractivity contribution in [2.24, 2.45) is 7.05 Å². The summed E-state index contributed by atoms with van der Waals surface area (Å²) in [6, 6.07) is 10.8. The molecular weight excluding hydrogens is 518 g/mol. The predicted octanol–water partition coefficient (Wildman–Crippen LogP) is 5.77. The Kier molecular flexibility index (Phi) is 6.54. The van der Waals surface area contributed by atoms with Gasteiger partial charge >= 0.3 is 6.09 Å². The summed E-state index contributed by atoms with van der Waals surface area (Å²) in [5.74, 6) is 0. The van der Waals surface area contributed by atoms with E-state index in [0.717, 1.165) is 11.1 Å². The highest BCUT2D eigenvalue weighted by atomic mass is 35.5. The standard InChI is InChI=1S/C28H24ClN7O3/c1-28(2,3)39-27(38)32-14-23-19-10-15(6-7-17(19)26(37)35-34-23)21-13-33-36(5)25(21)18-8-9-22-20(24(18)30-4)11-16(29)12-31-22/h6-13H,14H2,1-3,5H3,(H,32,38)(H,35,37). The number of nitrogens with one attached hydrogen (secondary N) is 2. The number of carbonyl (C=O) groups excluding carboxylic acids is 1. The third-order valence-electron chi connectivity index (χ3n) is 6.09. The highest BCUT2D eigenvalue weighted by Crippen LogP contribution is 2.41. The zero-order valence-electron chi connectivity index (χ0n) is 21.7. The number of rotatable bonds is 4. The minimum absolute atomic E-state index is 0.0475. The second kappa shape index (κ2) is 9.85. The lowest BCUT2D eigenvalue weighted by Crippen LogP contribution is -2.32. The molecule has 11 heteroatoms. The van der Waals surface area contributed by atoms with Crippen molar-refractivity contribution in [3.05, 3.63) is 81.3 Å². The van der Waals surface area contributed by atoms with Crippen LogP contribution in [0.1, 0.15) is 26.5 Å². The van der Waals surface area contributed by atoms with Crippen LogP contribution in [0.25, 0.3) is 48.9 Å². The summed E-state index contributed by atoms with van der Waals surface area (Å²) in [6.45, 7) is 13.3. The van der Waals surface area contributed by atoms with Crippen molar-refractivity contribution in [2.45, 2.75) is 32.9 Å². The molecule has 0 aliphatic heterocycles. The van der Waals surface area contributed by atoms with Crippen LogP contribution in [0.15, 0.2) is 53.6 Å². The maximum absolute atomic E-state index is 12.5. The molecule has 0 spiro atoms. The minimum atomic E-state index is -0.650. The average Bonchev–Trinajstić information content (AvgIpc) is 3.27. The predicted molar refractivity (Wildman–Crippen MR) is 150 cm³/mol. The number of aryl methyl sites for hydroxylation is 1. The normalized spacial score (nSPS) is 11.5. The largest absolute Gasteiger partial charge is 0.444 e. The van der Waals surface area contributed by atoms with Crippen molar-refractivity contribution in [3.8, 4) is 22.4 Å². The van der Waals surface area contributed by atoms with Gasteiger partial charge in [0.1, 0.15) is 5.60 Å². The van der Waals surface area contributed by atoms with Gasteiger partial charge in [0.25, 0.3) is 5.56 Å². The number of pyridine rings is 1. The van der Waals surface area contributed by atoms with Crippen LogP contribution < -0.4 is 10.9 Å². The zero-order chi connectivity index (χ0) is 27.9. The Hall–Kier alpha value is -4.75. The SMILES string of the molecule is [C-]#[N+]c1c(-c2c(-c3ccc4c(=O)[nH]nc(CNC(=O)OC(C)(C)C)c4c3)cnn2C)ccc2ncc(Cl)cc12. The number of H-pyrrole nitrogens is 1. The van der Waals surface area contributed by atoms with Crippen LogP contribution in [0.5, 0.6) is 0 Å². The molecule has 0 aliphatic rings. The van der Waals surface area contributed by atoms with E-state index in [9.17, 15) is 9.59 Å². The monoisotopic (exact) mass is 541 g/mol. The Bertz CT molecular complexity index is 1860. The lowest BCUT2D eigenvalue weighted by atomic mass is 9.96. The topological polar surface area (TPSA) is 119 Å². The van der Waals surface area contributed by atoms with E-state index < -0.39 is 11.7 Å².